The van der Waals surface area contributed by atoms with Gasteiger partial charge in [0.15, 0.2) is 0 Å². The number of anilines is 1. The molecule has 0 saturated carbocycles. The van der Waals surface area contributed by atoms with Gasteiger partial charge in [-0.05, 0) is 52.7 Å². The molecule has 0 saturated heterocycles. The predicted molar refractivity (Wildman–Crippen MR) is 95.2 cm³/mol. The van der Waals surface area contributed by atoms with Gasteiger partial charge >= 0.3 is 0 Å². The zero-order valence-corrected chi connectivity index (χ0v) is 14.5. The molecule has 2 aromatic carbocycles. The number of benzene rings is 2. The molecule has 0 atom stereocenters. The van der Waals surface area contributed by atoms with Crippen LogP contribution in [0.25, 0.3) is 11.3 Å². The number of rotatable bonds is 4. The molecule has 0 radical (unpaired) electrons. The highest BCUT2D eigenvalue weighted by molar-refractivity contribution is 9.10. The molecule has 3 aromatic rings. The Bertz CT molecular complexity index is 891. The molecule has 0 spiro atoms. The Morgan fingerprint density at radius 2 is 2.04 bits per heavy atom. The lowest BCUT2D eigenvalue weighted by Gasteiger charge is -2.07. The third-order valence-electron chi connectivity index (χ3n) is 3.55. The van der Waals surface area contributed by atoms with Gasteiger partial charge < -0.3 is 5.32 Å². The Labute approximate surface area is 147 Å². The van der Waals surface area contributed by atoms with Crippen molar-refractivity contribution in [2.45, 2.75) is 13.3 Å². The molecular weight excluding hydrogens is 373 g/mol. The van der Waals surface area contributed by atoms with E-state index in [0.717, 1.165) is 21.4 Å². The Hall–Kier alpha value is -2.47. The fraction of sp³-hybridized carbons (Fsp3) is 0.111. The van der Waals surface area contributed by atoms with Crippen molar-refractivity contribution in [2.24, 2.45) is 0 Å². The van der Waals surface area contributed by atoms with Gasteiger partial charge in [-0.3, -0.25) is 9.89 Å². The van der Waals surface area contributed by atoms with Crippen LogP contribution >= 0.6 is 15.9 Å². The summed E-state index contributed by atoms with van der Waals surface area (Å²) in [7, 11) is 0. The number of hydrogen-bond acceptors (Lipinski definition) is 2. The van der Waals surface area contributed by atoms with E-state index in [1.165, 1.54) is 12.1 Å². The van der Waals surface area contributed by atoms with Crippen molar-refractivity contribution in [1.82, 2.24) is 10.2 Å². The summed E-state index contributed by atoms with van der Waals surface area (Å²) in [6, 6.07) is 13.5. The van der Waals surface area contributed by atoms with Gasteiger partial charge in [-0.1, -0.05) is 24.3 Å². The van der Waals surface area contributed by atoms with Crippen LogP contribution in [0.2, 0.25) is 0 Å². The van der Waals surface area contributed by atoms with E-state index in [1.54, 1.807) is 18.2 Å². The number of aromatic amines is 1. The first-order chi connectivity index (χ1) is 11.5. The molecule has 1 aromatic heterocycles. The Morgan fingerprint density at radius 1 is 1.25 bits per heavy atom. The van der Waals surface area contributed by atoms with E-state index in [2.05, 4.69) is 31.4 Å². The lowest BCUT2D eigenvalue weighted by molar-refractivity contribution is -0.115. The summed E-state index contributed by atoms with van der Waals surface area (Å²) in [6.07, 6.45) is 0.118. The highest BCUT2D eigenvalue weighted by atomic mass is 79.9. The van der Waals surface area contributed by atoms with Crippen LogP contribution in [-0.2, 0) is 11.2 Å². The summed E-state index contributed by atoms with van der Waals surface area (Å²) in [6.45, 7) is 1.92. The maximum absolute atomic E-state index is 13.2. The first kappa shape index (κ1) is 16.4. The van der Waals surface area contributed by atoms with Crippen LogP contribution in [0.4, 0.5) is 10.1 Å². The van der Waals surface area contributed by atoms with Gasteiger partial charge in [-0.15, -0.1) is 0 Å². The van der Waals surface area contributed by atoms with Crippen molar-refractivity contribution in [2.75, 3.05) is 5.32 Å². The van der Waals surface area contributed by atoms with Crippen LogP contribution in [0.5, 0.6) is 0 Å². The number of aryl methyl sites for hydroxylation is 1. The van der Waals surface area contributed by atoms with Crippen molar-refractivity contribution >= 4 is 27.5 Å². The summed E-state index contributed by atoms with van der Waals surface area (Å²) >= 11 is 3.50. The van der Waals surface area contributed by atoms with Crippen LogP contribution in [-0.4, -0.2) is 16.1 Å². The molecule has 0 unspecified atom stereocenters. The molecule has 3 rings (SSSR count). The second-order valence-electron chi connectivity index (χ2n) is 5.45. The number of halogens is 2. The van der Waals surface area contributed by atoms with Gasteiger partial charge in [0.2, 0.25) is 5.91 Å². The minimum Gasteiger partial charge on any atom is -0.326 e. The van der Waals surface area contributed by atoms with Crippen molar-refractivity contribution in [3.8, 4) is 11.3 Å². The quantitative estimate of drug-likeness (QED) is 0.693. The number of aromatic nitrogens is 2. The first-order valence-electron chi connectivity index (χ1n) is 7.38. The number of carbonyl (C=O) groups excluding carboxylic acids is 1. The van der Waals surface area contributed by atoms with Gasteiger partial charge in [0.1, 0.15) is 11.5 Å². The molecule has 4 nitrogen and oxygen atoms in total. The van der Waals surface area contributed by atoms with Crippen molar-refractivity contribution in [3.05, 3.63) is 70.1 Å². The average Bonchev–Trinajstić information content (AvgIpc) is 2.87. The van der Waals surface area contributed by atoms with Crippen molar-refractivity contribution in [1.29, 1.82) is 0 Å². The van der Waals surface area contributed by atoms with Crippen LogP contribution < -0.4 is 5.32 Å². The minimum atomic E-state index is -0.346. The second kappa shape index (κ2) is 6.97. The van der Waals surface area contributed by atoms with Gasteiger partial charge in [-0.25, -0.2) is 4.39 Å². The molecule has 0 aliphatic rings. The second-order valence-corrected chi connectivity index (χ2v) is 6.24. The van der Waals surface area contributed by atoms with E-state index in [9.17, 15) is 9.18 Å². The van der Waals surface area contributed by atoms with Crippen molar-refractivity contribution in [3.63, 3.8) is 0 Å². The van der Waals surface area contributed by atoms with E-state index in [-0.39, 0.29) is 18.1 Å². The summed E-state index contributed by atoms with van der Waals surface area (Å²) in [4.78, 5) is 12.1. The summed E-state index contributed by atoms with van der Waals surface area (Å²) < 4.78 is 14.1. The molecule has 122 valence electrons. The molecule has 1 heterocycles. The number of nitrogens with one attached hydrogen (secondary N) is 2. The zero-order valence-electron chi connectivity index (χ0n) is 12.9. The Balaban J connectivity index is 1.75. The number of nitrogens with zero attached hydrogens (tertiary/aromatic N) is 1. The fourth-order valence-electron chi connectivity index (χ4n) is 2.39. The van der Waals surface area contributed by atoms with E-state index < -0.39 is 0 Å². The number of carbonyl (C=O) groups is 1. The summed E-state index contributed by atoms with van der Waals surface area (Å²) in [5, 5.41) is 10.0. The Morgan fingerprint density at radius 3 is 2.75 bits per heavy atom. The lowest BCUT2D eigenvalue weighted by Crippen LogP contribution is -2.14. The topological polar surface area (TPSA) is 57.8 Å². The molecule has 0 bridgehead atoms. The van der Waals surface area contributed by atoms with E-state index in [0.29, 0.717) is 11.3 Å². The van der Waals surface area contributed by atoms with E-state index >= 15 is 0 Å². The van der Waals surface area contributed by atoms with Gasteiger partial charge in [0.25, 0.3) is 0 Å². The molecule has 0 aliphatic carbocycles. The number of H-pyrrole nitrogens is 1. The SMILES string of the molecule is Cc1[nH]nc(-c2cccc(NC(=O)Cc3cccc(F)c3)c2)c1Br. The monoisotopic (exact) mass is 387 g/mol. The molecular formula is C18H15BrFN3O. The fourth-order valence-corrected chi connectivity index (χ4v) is 2.79. The first-order valence-corrected chi connectivity index (χ1v) is 8.17. The van der Waals surface area contributed by atoms with Crippen LogP contribution in [0.15, 0.2) is 53.0 Å². The zero-order chi connectivity index (χ0) is 17.1. The van der Waals surface area contributed by atoms with E-state index in [4.69, 9.17) is 0 Å². The van der Waals surface area contributed by atoms with Gasteiger partial charge in [0, 0.05) is 16.9 Å². The van der Waals surface area contributed by atoms with Crippen LogP contribution in [0, 0.1) is 12.7 Å². The summed E-state index contributed by atoms with van der Waals surface area (Å²) in [5.41, 5.74) is 3.91. The lowest BCUT2D eigenvalue weighted by atomic mass is 10.1. The Kier molecular flexibility index (Phi) is 4.76. The normalized spacial score (nSPS) is 10.6. The molecule has 2 N–H and O–H groups in total. The molecule has 6 heteroatoms. The maximum Gasteiger partial charge on any atom is 0.228 e. The smallest absolute Gasteiger partial charge is 0.228 e. The predicted octanol–water partition coefficient (Wildman–Crippen LogP) is 4.47. The molecule has 1 amide bonds. The van der Waals surface area contributed by atoms with Gasteiger partial charge in [-0.2, -0.15) is 5.10 Å². The third-order valence-corrected chi connectivity index (χ3v) is 4.52. The molecule has 0 aliphatic heterocycles. The van der Waals surface area contributed by atoms with Crippen LogP contribution in [0.3, 0.4) is 0 Å². The molecule has 24 heavy (non-hydrogen) atoms. The molecule has 0 fully saturated rings. The van der Waals surface area contributed by atoms with Gasteiger partial charge in [0.05, 0.1) is 10.9 Å². The standard InChI is InChI=1S/C18H15BrFN3O/c1-11-17(19)18(23-22-11)13-5-3-7-15(10-13)21-16(24)9-12-4-2-6-14(20)8-12/h2-8,10H,9H2,1H3,(H,21,24)(H,22,23). The highest BCUT2D eigenvalue weighted by Gasteiger charge is 2.11. The number of amides is 1. The number of hydrogen-bond donors (Lipinski definition) is 2. The highest BCUT2D eigenvalue weighted by Crippen LogP contribution is 2.29. The van der Waals surface area contributed by atoms with Crippen molar-refractivity contribution < 1.29 is 9.18 Å². The van der Waals surface area contributed by atoms with E-state index in [1.807, 2.05) is 25.1 Å². The average molecular weight is 388 g/mol. The minimum absolute atomic E-state index is 0.118. The summed E-state index contributed by atoms with van der Waals surface area (Å²) in [5.74, 6) is -0.545. The largest absolute Gasteiger partial charge is 0.326 e. The maximum atomic E-state index is 13.2. The third kappa shape index (κ3) is 3.71. The van der Waals surface area contributed by atoms with Crippen LogP contribution in [0.1, 0.15) is 11.3 Å².